The van der Waals surface area contributed by atoms with Gasteiger partial charge in [0.25, 0.3) is 5.76 Å². The van der Waals surface area contributed by atoms with E-state index in [2.05, 4.69) is 0 Å². The summed E-state index contributed by atoms with van der Waals surface area (Å²) in [5.41, 5.74) is 0.394. The number of hydrogen-bond acceptors (Lipinski definition) is 7. The molecule has 0 bridgehead atoms. The number of cyclic esters (lactones) is 1. The zero-order valence-electron chi connectivity index (χ0n) is 14.4. The molecule has 1 aromatic rings. The van der Waals surface area contributed by atoms with E-state index in [-0.39, 0.29) is 30.5 Å². The fourth-order valence-corrected chi connectivity index (χ4v) is 2.49. The van der Waals surface area contributed by atoms with Gasteiger partial charge in [0.1, 0.15) is 0 Å². The van der Waals surface area contributed by atoms with E-state index in [0.717, 1.165) is 6.92 Å². The smallest absolute Gasteiger partial charge is 0.381 e. The van der Waals surface area contributed by atoms with Gasteiger partial charge in [0.05, 0.1) is 19.6 Å². The number of Topliss-reactive ketones (excluding diaryl/α,β-unsaturated/α-hetero) is 1. The van der Waals surface area contributed by atoms with Crippen molar-refractivity contribution in [3.63, 3.8) is 0 Å². The molecule has 1 atom stereocenters. The molecule has 0 amide bonds. The molecule has 134 valence electrons. The molecule has 1 aliphatic heterocycles. The van der Waals surface area contributed by atoms with Crippen LogP contribution in [-0.4, -0.2) is 36.7 Å². The van der Waals surface area contributed by atoms with Crippen molar-refractivity contribution in [3.05, 3.63) is 47.4 Å². The minimum absolute atomic E-state index is 0.0960. The first-order valence-corrected chi connectivity index (χ1v) is 7.95. The Labute approximate surface area is 145 Å². The number of rotatable bonds is 8. The van der Waals surface area contributed by atoms with Crippen LogP contribution in [0.3, 0.4) is 0 Å². The average Bonchev–Trinajstić information content (AvgIpc) is 2.80. The number of esters is 2. The summed E-state index contributed by atoms with van der Waals surface area (Å²) >= 11 is 0. The summed E-state index contributed by atoms with van der Waals surface area (Å²) in [7, 11) is 0. The summed E-state index contributed by atoms with van der Waals surface area (Å²) in [6.07, 6.45) is -0.408. The maximum absolute atomic E-state index is 12.6. The summed E-state index contributed by atoms with van der Waals surface area (Å²) in [5.74, 6) is -4.18. The van der Waals surface area contributed by atoms with E-state index in [9.17, 15) is 14.4 Å². The van der Waals surface area contributed by atoms with Gasteiger partial charge in [-0.25, -0.2) is 4.79 Å². The highest BCUT2D eigenvalue weighted by atomic mass is 16.8. The van der Waals surface area contributed by atoms with Crippen molar-refractivity contribution in [1.29, 1.82) is 0 Å². The SMILES string of the molecule is CCOC1=C(OCC)C(CC(=O)c2ccccc2)(OC(C)=O)OC1=O. The van der Waals surface area contributed by atoms with Gasteiger partial charge in [0.2, 0.25) is 5.76 Å². The maximum atomic E-state index is 12.6. The lowest BCUT2D eigenvalue weighted by Crippen LogP contribution is -2.40. The van der Waals surface area contributed by atoms with Gasteiger partial charge in [-0.05, 0) is 13.8 Å². The molecule has 1 unspecified atom stereocenters. The lowest BCUT2D eigenvalue weighted by Gasteiger charge is -2.28. The van der Waals surface area contributed by atoms with E-state index < -0.39 is 24.1 Å². The Bertz CT molecular complexity index is 693. The third-order valence-electron chi connectivity index (χ3n) is 3.37. The van der Waals surface area contributed by atoms with Gasteiger partial charge in [-0.15, -0.1) is 0 Å². The first kappa shape index (κ1) is 18.5. The number of hydrogen-bond donors (Lipinski definition) is 0. The van der Waals surface area contributed by atoms with E-state index in [0.29, 0.717) is 5.56 Å². The quantitative estimate of drug-likeness (QED) is 0.526. The van der Waals surface area contributed by atoms with Gasteiger partial charge in [-0.1, -0.05) is 30.3 Å². The molecular weight excluding hydrogens is 328 g/mol. The van der Waals surface area contributed by atoms with E-state index >= 15 is 0 Å². The lowest BCUT2D eigenvalue weighted by atomic mass is 10.0. The molecule has 0 radical (unpaired) electrons. The number of ketones is 1. The molecule has 0 saturated heterocycles. The van der Waals surface area contributed by atoms with Crippen LogP contribution in [0, 0.1) is 0 Å². The molecule has 0 aromatic heterocycles. The van der Waals surface area contributed by atoms with E-state index in [1.807, 2.05) is 0 Å². The summed E-state index contributed by atoms with van der Waals surface area (Å²) in [6.45, 7) is 4.89. The second-order valence-electron chi connectivity index (χ2n) is 5.23. The van der Waals surface area contributed by atoms with Crippen LogP contribution < -0.4 is 0 Å². The minimum Gasteiger partial charge on any atom is -0.487 e. The minimum atomic E-state index is -1.96. The molecule has 2 rings (SSSR count). The number of carbonyl (C=O) groups is 3. The molecule has 0 fully saturated rings. The predicted molar refractivity (Wildman–Crippen MR) is 86.3 cm³/mol. The monoisotopic (exact) mass is 348 g/mol. The van der Waals surface area contributed by atoms with Crippen LogP contribution in [0.15, 0.2) is 41.9 Å². The molecule has 1 aliphatic rings. The standard InChI is InChI=1S/C18H20O7/c1-4-22-15-16(23-5-2)18(24-12(3)19,25-17(15)21)11-14(20)13-9-7-6-8-10-13/h6-10H,4-5,11H2,1-3H3. The second kappa shape index (κ2) is 7.83. The second-order valence-corrected chi connectivity index (χ2v) is 5.23. The van der Waals surface area contributed by atoms with Crippen molar-refractivity contribution in [1.82, 2.24) is 0 Å². The van der Waals surface area contributed by atoms with Gasteiger partial charge in [-0.3, -0.25) is 9.59 Å². The van der Waals surface area contributed by atoms with Crippen molar-refractivity contribution >= 4 is 17.7 Å². The molecule has 0 spiro atoms. The zero-order valence-corrected chi connectivity index (χ0v) is 14.4. The lowest BCUT2D eigenvalue weighted by molar-refractivity contribution is -0.213. The Morgan fingerprint density at radius 1 is 1.08 bits per heavy atom. The molecule has 0 N–H and O–H groups in total. The van der Waals surface area contributed by atoms with Gasteiger partial charge >= 0.3 is 17.7 Å². The van der Waals surface area contributed by atoms with E-state index in [4.69, 9.17) is 18.9 Å². The van der Waals surface area contributed by atoms with E-state index in [1.54, 1.807) is 44.2 Å². The highest BCUT2D eigenvalue weighted by Gasteiger charge is 2.55. The van der Waals surface area contributed by atoms with Crippen molar-refractivity contribution in [2.45, 2.75) is 33.0 Å². The van der Waals surface area contributed by atoms with Crippen LogP contribution in [0.25, 0.3) is 0 Å². The topological polar surface area (TPSA) is 88.1 Å². The highest BCUT2D eigenvalue weighted by Crippen LogP contribution is 2.39. The molecule has 7 heteroatoms. The summed E-state index contributed by atoms with van der Waals surface area (Å²) < 4.78 is 21.2. The molecule has 1 heterocycles. The zero-order chi connectivity index (χ0) is 18.4. The Morgan fingerprint density at radius 2 is 1.72 bits per heavy atom. The van der Waals surface area contributed by atoms with Crippen molar-refractivity contribution in [2.24, 2.45) is 0 Å². The fourth-order valence-electron chi connectivity index (χ4n) is 2.49. The predicted octanol–water partition coefficient (Wildman–Crippen LogP) is 2.36. The maximum Gasteiger partial charge on any atom is 0.381 e. The van der Waals surface area contributed by atoms with Crippen LogP contribution >= 0.6 is 0 Å². The number of benzene rings is 1. The van der Waals surface area contributed by atoms with Crippen molar-refractivity contribution in [2.75, 3.05) is 13.2 Å². The van der Waals surface area contributed by atoms with Gasteiger partial charge < -0.3 is 18.9 Å². The largest absolute Gasteiger partial charge is 0.487 e. The van der Waals surface area contributed by atoms with Crippen LogP contribution in [-0.2, 0) is 28.5 Å². The molecule has 7 nitrogen and oxygen atoms in total. The Balaban J connectivity index is 2.44. The van der Waals surface area contributed by atoms with E-state index in [1.165, 1.54) is 0 Å². The molecule has 0 saturated carbocycles. The summed E-state index contributed by atoms with van der Waals surface area (Å²) in [6, 6.07) is 8.42. The Hall–Kier alpha value is -2.83. The Kier molecular flexibility index (Phi) is 5.80. The fraction of sp³-hybridized carbons (Fsp3) is 0.389. The number of carbonyl (C=O) groups excluding carboxylic acids is 3. The van der Waals surface area contributed by atoms with Crippen LogP contribution in [0.1, 0.15) is 37.6 Å². The van der Waals surface area contributed by atoms with Crippen LogP contribution in [0.2, 0.25) is 0 Å². The average molecular weight is 348 g/mol. The normalized spacial score (nSPS) is 19.4. The summed E-state index contributed by atoms with van der Waals surface area (Å²) in [4.78, 5) is 36.4. The highest BCUT2D eigenvalue weighted by molar-refractivity contribution is 5.98. The van der Waals surface area contributed by atoms with Crippen LogP contribution in [0.5, 0.6) is 0 Å². The molecular formula is C18H20O7. The summed E-state index contributed by atoms with van der Waals surface area (Å²) in [5, 5.41) is 0. The first-order valence-electron chi connectivity index (χ1n) is 7.95. The van der Waals surface area contributed by atoms with Gasteiger partial charge in [-0.2, -0.15) is 0 Å². The van der Waals surface area contributed by atoms with Gasteiger partial charge in [0.15, 0.2) is 5.78 Å². The molecule has 0 aliphatic carbocycles. The Morgan fingerprint density at radius 3 is 2.28 bits per heavy atom. The van der Waals surface area contributed by atoms with Crippen LogP contribution in [0.4, 0.5) is 0 Å². The molecule has 25 heavy (non-hydrogen) atoms. The van der Waals surface area contributed by atoms with Gasteiger partial charge in [0, 0.05) is 12.5 Å². The first-order chi connectivity index (χ1) is 11.9. The third kappa shape index (κ3) is 3.99. The van der Waals surface area contributed by atoms with Crippen molar-refractivity contribution in [3.8, 4) is 0 Å². The third-order valence-corrected chi connectivity index (χ3v) is 3.37. The van der Waals surface area contributed by atoms with Crippen molar-refractivity contribution < 1.29 is 33.3 Å². The number of ether oxygens (including phenoxy) is 4. The molecule has 1 aromatic carbocycles.